The van der Waals surface area contributed by atoms with Gasteiger partial charge in [0.1, 0.15) is 6.04 Å². The molecule has 29 heavy (non-hydrogen) atoms. The van der Waals surface area contributed by atoms with E-state index in [1.165, 1.54) is 25.0 Å². The zero-order valence-corrected chi connectivity index (χ0v) is 16.5. The molecular formula is C22H25N3O4. The van der Waals surface area contributed by atoms with Crippen LogP contribution >= 0.6 is 0 Å². The third-order valence-electron chi connectivity index (χ3n) is 4.76. The molecule has 3 amide bonds. The van der Waals surface area contributed by atoms with Crippen LogP contribution in [0.4, 0.5) is 16.2 Å². The minimum absolute atomic E-state index is 0.419. The first-order valence-electron chi connectivity index (χ1n) is 9.68. The molecule has 2 aromatic rings. The third-order valence-corrected chi connectivity index (χ3v) is 4.76. The van der Waals surface area contributed by atoms with Crippen LogP contribution in [0.5, 0.6) is 0 Å². The number of carbonyl (C=O) groups is 3. The topological polar surface area (TPSA) is 96.5 Å². The van der Waals surface area contributed by atoms with Gasteiger partial charge in [-0.05, 0) is 68.5 Å². The fraction of sp³-hybridized carbons (Fsp3) is 0.318. The van der Waals surface area contributed by atoms with Gasteiger partial charge in [0.15, 0.2) is 6.10 Å². The number of ether oxygens (including phenoxy) is 1. The monoisotopic (exact) mass is 395 g/mol. The van der Waals surface area contributed by atoms with Gasteiger partial charge in [-0.15, -0.1) is 0 Å². The van der Waals surface area contributed by atoms with Crippen molar-refractivity contribution in [3.8, 4) is 0 Å². The SMILES string of the molecule is C[C@H](NC(=O)Nc1ccccc1)C(=O)O[C@@H](C)C(=O)Nc1ccc2c(c1)CCC2. The first-order valence-corrected chi connectivity index (χ1v) is 9.68. The van der Waals surface area contributed by atoms with Crippen LogP contribution in [0.25, 0.3) is 0 Å². The Morgan fingerprint density at radius 1 is 0.897 bits per heavy atom. The zero-order chi connectivity index (χ0) is 20.8. The molecule has 2 atom stereocenters. The fourth-order valence-electron chi connectivity index (χ4n) is 3.17. The Morgan fingerprint density at radius 3 is 2.38 bits per heavy atom. The number of aryl methyl sites for hydroxylation is 2. The molecule has 0 aliphatic heterocycles. The molecule has 2 aromatic carbocycles. The predicted octanol–water partition coefficient (Wildman–Crippen LogP) is 3.26. The van der Waals surface area contributed by atoms with Crippen molar-refractivity contribution in [2.75, 3.05) is 10.6 Å². The number of hydrogen-bond acceptors (Lipinski definition) is 4. The highest BCUT2D eigenvalue weighted by Crippen LogP contribution is 2.25. The van der Waals surface area contributed by atoms with Crippen molar-refractivity contribution < 1.29 is 19.1 Å². The van der Waals surface area contributed by atoms with E-state index in [0.717, 1.165) is 19.3 Å². The molecule has 0 unspecified atom stereocenters. The highest BCUT2D eigenvalue weighted by atomic mass is 16.5. The normalized spacial score (nSPS) is 14.3. The summed E-state index contributed by atoms with van der Waals surface area (Å²) in [6, 6.07) is 13.3. The van der Waals surface area contributed by atoms with Crippen molar-refractivity contribution >= 4 is 29.3 Å². The summed E-state index contributed by atoms with van der Waals surface area (Å²) in [5, 5.41) is 7.89. The molecule has 0 saturated carbocycles. The number of anilines is 2. The maximum absolute atomic E-state index is 12.3. The van der Waals surface area contributed by atoms with E-state index in [4.69, 9.17) is 4.74 Å². The van der Waals surface area contributed by atoms with Crippen LogP contribution in [0.2, 0.25) is 0 Å². The van der Waals surface area contributed by atoms with Gasteiger partial charge in [0.25, 0.3) is 5.91 Å². The second-order valence-corrected chi connectivity index (χ2v) is 7.09. The Labute approximate surface area is 169 Å². The van der Waals surface area contributed by atoms with Crippen LogP contribution in [-0.4, -0.2) is 30.1 Å². The lowest BCUT2D eigenvalue weighted by atomic mass is 10.1. The molecule has 0 saturated heterocycles. The van der Waals surface area contributed by atoms with E-state index in [9.17, 15) is 14.4 Å². The number of carbonyl (C=O) groups excluding carboxylic acids is 3. The molecule has 1 aliphatic carbocycles. The lowest BCUT2D eigenvalue weighted by Gasteiger charge is -2.18. The number of esters is 1. The predicted molar refractivity (Wildman–Crippen MR) is 111 cm³/mol. The highest BCUT2D eigenvalue weighted by molar-refractivity contribution is 5.96. The Kier molecular flexibility index (Phi) is 6.49. The van der Waals surface area contributed by atoms with Crippen LogP contribution in [0.3, 0.4) is 0 Å². The summed E-state index contributed by atoms with van der Waals surface area (Å²) in [6.07, 6.45) is 2.22. The molecule has 3 rings (SSSR count). The van der Waals surface area contributed by atoms with Gasteiger partial charge in [-0.3, -0.25) is 4.79 Å². The Hall–Kier alpha value is -3.35. The van der Waals surface area contributed by atoms with Gasteiger partial charge in [-0.1, -0.05) is 24.3 Å². The number of nitrogens with one attached hydrogen (secondary N) is 3. The number of amides is 3. The molecule has 3 N–H and O–H groups in total. The van der Waals surface area contributed by atoms with Gasteiger partial charge in [0.05, 0.1) is 0 Å². The molecule has 0 fully saturated rings. The lowest BCUT2D eigenvalue weighted by Crippen LogP contribution is -2.44. The van der Waals surface area contributed by atoms with E-state index in [0.29, 0.717) is 11.4 Å². The maximum atomic E-state index is 12.3. The van der Waals surface area contributed by atoms with Crippen molar-refractivity contribution in [1.82, 2.24) is 5.32 Å². The summed E-state index contributed by atoms with van der Waals surface area (Å²) in [7, 11) is 0. The number of para-hydroxylation sites is 1. The molecular weight excluding hydrogens is 370 g/mol. The second kappa shape index (κ2) is 9.23. The quantitative estimate of drug-likeness (QED) is 0.654. The van der Waals surface area contributed by atoms with Crippen molar-refractivity contribution in [2.24, 2.45) is 0 Å². The summed E-state index contributed by atoms with van der Waals surface area (Å²) in [6.45, 7) is 3.00. The lowest BCUT2D eigenvalue weighted by molar-refractivity contribution is -0.154. The molecule has 0 radical (unpaired) electrons. The van der Waals surface area contributed by atoms with E-state index in [1.807, 2.05) is 24.3 Å². The van der Waals surface area contributed by atoms with Gasteiger partial charge in [-0.2, -0.15) is 0 Å². The van der Waals surface area contributed by atoms with Crippen molar-refractivity contribution in [1.29, 1.82) is 0 Å². The van der Waals surface area contributed by atoms with E-state index in [2.05, 4.69) is 16.0 Å². The van der Waals surface area contributed by atoms with Crippen LogP contribution in [0, 0.1) is 0 Å². The Balaban J connectivity index is 1.47. The number of benzene rings is 2. The maximum Gasteiger partial charge on any atom is 0.329 e. The Morgan fingerprint density at radius 2 is 1.62 bits per heavy atom. The van der Waals surface area contributed by atoms with E-state index >= 15 is 0 Å². The average molecular weight is 395 g/mol. The summed E-state index contributed by atoms with van der Waals surface area (Å²) in [5.41, 5.74) is 3.85. The Bertz CT molecular complexity index is 898. The van der Waals surface area contributed by atoms with Gasteiger partial charge in [0.2, 0.25) is 0 Å². The smallest absolute Gasteiger partial charge is 0.329 e. The van der Waals surface area contributed by atoms with Gasteiger partial charge in [-0.25, -0.2) is 9.59 Å². The molecule has 0 bridgehead atoms. The standard InChI is InChI=1S/C22H25N3O4/c1-14(23-22(28)25-18-9-4-3-5-10-18)21(27)29-15(2)20(26)24-19-12-11-16-7-6-8-17(16)13-19/h3-5,9-15H,6-8H2,1-2H3,(H,24,26)(H2,23,25,28)/t14-,15-/m0/s1. The number of urea groups is 1. The van der Waals surface area contributed by atoms with Crippen molar-refractivity contribution in [2.45, 2.75) is 45.3 Å². The summed E-state index contributed by atoms with van der Waals surface area (Å²) < 4.78 is 5.20. The summed E-state index contributed by atoms with van der Waals surface area (Å²) in [5.74, 6) is -1.11. The van der Waals surface area contributed by atoms with Crippen LogP contribution in [0.15, 0.2) is 48.5 Å². The molecule has 0 aromatic heterocycles. The second-order valence-electron chi connectivity index (χ2n) is 7.09. The van der Waals surface area contributed by atoms with Gasteiger partial charge in [0, 0.05) is 11.4 Å². The molecule has 1 aliphatic rings. The van der Waals surface area contributed by atoms with E-state index in [-0.39, 0.29) is 0 Å². The zero-order valence-electron chi connectivity index (χ0n) is 16.5. The third kappa shape index (κ3) is 5.57. The van der Waals surface area contributed by atoms with E-state index in [1.54, 1.807) is 24.3 Å². The van der Waals surface area contributed by atoms with Crippen molar-refractivity contribution in [3.05, 3.63) is 59.7 Å². The summed E-state index contributed by atoms with van der Waals surface area (Å²) >= 11 is 0. The summed E-state index contributed by atoms with van der Waals surface area (Å²) in [4.78, 5) is 36.5. The first kappa shape index (κ1) is 20.4. The largest absolute Gasteiger partial charge is 0.451 e. The average Bonchev–Trinajstić information content (AvgIpc) is 3.16. The molecule has 152 valence electrons. The molecule has 0 spiro atoms. The fourth-order valence-corrected chi connectivity index (χ4v) is 3.17. The van der Waals surface area contributed by atoms with Crippen LogP contribution in [0.1, 0.15) is 31.4 Å². The highest BCUT2D eigenvalue weighted by Gasteiger charge is 2.23. The number of fused-ring (bicyclic) bond motifs is 1. The van der Waals surface area contributed by atoms with Crippen molar-refractivity contribution in [3.63, 3.8) is 0 Å². The minimum atomic E-state index is -0.989. The molecule has 7 heteroatoms. The molecule has 7 nitrogen and oxygen atoms in total. The van der Waals surface area contributed by atoms with Gasteiger partial charge >= 0.3 is 12.0 Å². The first-order chi connectivity index (χ1) is 13.9. The molecule has 0 heterocycles. The minimum Gasteiger partial charge on any atom is -0.451 e. The van der Waals surface area contributed by atoms with Crippen LogP contribution < -0.4 is 16.0 Å². The number of hydrogen-bond donors (Lipinski definition) is 3. The number of rotatable bonds is 6. The van der Waals surface area contributed by atoms with E-state index < -0.39 is 30.1 Å². The van der Waals surface area contributed by atoms with Gasteiger partial charge < -0.3 is 20.7 Å². The van der Waals surface area contributed by atoms with Crippen LogP contribution in [-0.2, 0) is 27.2 Å².